The van der Waals surface area contributed by atoms with E-state index in [0.717, 1.165) is 43.0 Å². The minimum atomic E-state index is -0.0755. The second kappa shape index (κ2) is 8.02. The fraction of sp³-hybridized carbons (Fsp3) is 0.450. The Morgan fingerprint density at radius 3 is 2.89 bits per heavy atom. The molecule has 0 unspecified atom stereocenters. The molecule has 1 aliphatic rings. The number of amides is 1. The van der Waals surface area contributed by atoms with Crippen molar-refractivity contribution in [3.05, 3.63) is 42.2 Å². The lowest BCUT2D eigenvalue weighted by molar-refractivity contribution is 0.0937. The van der Waals surface area contributed by atoms with Crippen LogP contribution in [0.3, 0.4) is 0 Å². The second-order valence-electron chi connectivity index (χ2n) is 7.21. The third-order valence-electron chi connectivity index (χ3n) is 5.14. The van der Waals surface area contributed by atoms with Gasteiger partial charge in [0.05, 0.1) is 24.2 Å². The van der Waals surface area contributed by atoms with E-state index in [1.807, 2.05) is 49.1 Å². The molecule has 1 aromatic carbocycles. The molecule has 0 spiro atoms. The number of morpholine rings is 1. The molecule has 8 nitrogen and oxygen atoms in total. The monoisotopic (exact) mass is 382 g/mol. The fourth-order valence-electron chi connectivity index (χ4n) is 3.51. The highest BCUT2D eigenvalue weighted by Gasteiger charge is 2.19. The van der Waals surface area contributed by atoms with E-state index < -0.39 is 0 Å². The Morgan fingerprint density at radius 2 is 2.14 bits per heavy atom. The summed E-state index contributed by atoms with van der Waals surface area (Å²) < 4.78 is 9.38. The van der Waals surface area contributed by atoms with Crippen molar-refractivity contribution in [3.63, 3.8) is 0 Å². The average Bonchev–Trinajstić information content (AvgIpc) is 3.35. The minimum absolute atomic E-state index is 0.0556. The summed E-state index contributed by atoms with van der Waals surface area (Å²) >= 11 is 0. The van der Waals surface area contributed by atoms with Crippen molar-refractivity contribution in [2.45, 2.75) is 25.9 Å². The lowest BCUT2D eigenvalue weighted by Gasteiger charge is -2.27. The molecule has 0 aliphatic carbocycles. The van der Waals surface area contributed by atoms with Gasteiger partial charge in [-0.15, -0.1) is 0 Å². The van der Waals surface area contributed by atoms with E-state index in [0.29, 0.717) is 18.8 Å². The van der Waals surface area contributed by atoms with E-state index in [-0.39, 0.29) is 11.9 Å². The Kier molecular flexibility index (Phi) is 5.29. The van der Waals surface area contributed by atoms with Crippen LogP contribution in [0.4, 0.5) is 5.95 Å². The van der Waals surface area contributed by atoms with Crippen LogP contribution in [-0.4, -0.2) is 57.6 Å². The standard InChI is InChI=1S/C20H26N6O2/c1-15(6-9-26-8-3-7-21-26)22-19(27)16-4-5-18-17(14-16)23-20(24(18)2)25-10-12-28-13-11-25/h3-5,7-8,14-15H,6,9-13H2,1-2H3,(H,22,27)/t15-/m0/s1. The summed E-state index contributed by atoms with van der Waals surface area (Å²) in [7, 11) is 2.01. The number of fused-ring (bicyclic) bond motifs is 1. The molecule has 2 aromatic heterocycles. The topological polar surface area (TPSA) is 77.2 Å². The maximum Gasteiger partial charge on any atom is 0.251 e. The first kappa shape index (κ1) is 18.5. The Balaban J connectivity index is 1.45. The van der Waals surface area contributed by atoms with Crippen LogP contribution in [0.25, 0.3) is 11.0 Å². The van der Waals surface area contributed by atoms with Gasteiger partial charge in [-0.3, -0.25) is 9.48 Å². The highest BCUT2D eigenvalue weighted by atomic mass is 16.5. The van der Waals surface area contributed by atoms with Crippen LogP contribution in [0, 0.1) is 0 Å². The predicted octanol–water partition coefficient (Wildman–Crippen LogP) is 1.81. The van der Waals surface area contributed by atoms with E-state index in [2.05, 4.69) is 19.9 Å². The number of aromatic nitrogens is 4. The van der Waals surface area contributed by atoms with Gasteiger partial charge in [0.2, 0.25) is 5.95 Å². The number of anilines is 1. The predicted molar refractivity (Wildman–Crippen MR) is 108 cm³/mol. The molecule has 1 atom stereocenters. The van der Waals surface area contributed by atoms with Gasteiger partial charge in [0.1, 0.15) is 0 Å². The molecular weight excluding hydrogens is 356 g/mol. The van der Waals surface area contributed by atoms with Crippen molar-refractivity contribution in [2.24, 2.45) is 7.05 Å². The highest BCUT2D eigenvalue weighted by molar-refractivity contribution is 5.97. The number of nitrogens with one attached hydrogen (secondary N) is 1. The van der Waals surface area contributed by atoms with Gasteiger partial charge in [-0.2, -0.15) is 5.10 Å². The Morgan fingerprint density at radius 1 is 1.32 bits per heavy atom. The van der Waals surface area contributed by atoms with Crippen LogP contribution in [0.2, 0.25) is 0 Å². The first-order chi connectivity index (χ1) is 13.6. The third-order valence-corrected chi connectivity index (χ3v) is 5.14. The van der Waals surface area contributed by atoms with Gasteiger partial charge in [0.25, 0.3) is 5.91 Å². The molecule has 28 heavy (non-hydrogen) atoms. The first-order valence-electron chi connectivity index (χ1n) is 9.69. The number of carbonyl (C=O) groups is 1. The van der Waals surface area contributed by atoms with Crippen LogP contribution in [-0.2, 0) is 18.3 Å². The molecule has 8 heteroatoms. The number of imidazole rings is 1. The molecular formula is C20H26N6O2. The summed E-state index contributed by atoms with van der Waals surface area (Å²) in [6, 6.07) is 7.66. The van der Waals surface area contributed by atoms with E-state index >= 15 is 0 Å². The van der Waals surface area contributed by atoms with Gasteiger partial charge in [0, 0.05) is 50.7 Å². The van der Waals surface area contributed by atoms with Gasteiger partial charge in [-0.1, -0.05) is 0 Å². The number of nitrogens with zero attached hydrogens (tertiary/aromatic N) is 5. The van der Waals surface area contributed by atoms with Crippen LogP contribution in [0.5, 0.6) is 0 Å². The van der Waals surface area contributed by atoms with Gasteiger partial charge in [-0.05, 0) is 37.6 Å². The van der Waals surface area contributed by atoms with Crippen LogP contribution < -0.4 is 10.2 Å². The normalized spacial score (nSPS) is 15.7. The summed E-state index contributed by atoms with van der Waals surface area (Å²) in [6.07, 6.45) is 4.51. The fourth-order valence-corrected chi connectivity index (χ4v) is 3.51. The highest BCUT2D eigenvalue weighted by Crippen LogP contribution is 2.23. The number of aryl methyl sites for hydroxylation is 2. The lowest BCUT2D eigenvalue weighted by atomic mass is 10.1. The lowest BCUT2D eigenvalue weighted by Crippen LogP contribution is -2.37. The van der Waals surface area contributed by atoms with Crippen LogP contribution in [0.1, 0.15) is 23.7 Å². The summed E-state index contributed by atoms with van der Waals surface area (Å²) in [5.74, 6) is 0.844. The molecule has 0 bridgehead atoms. The molecule has 1 aliphatic heterocycles. The number of ether oxygens (including phenoxy) is 1. The minimum Gasteiger partial charge on any atom is -0.378 e. The zero-order valence-electron chi connectivity index (χ0n) is 16.3. The average molecular weight is 382 g/mol. The molecule has 1 fully saturated rings. The molecule has 0 radical (unpaired) electrons. The number of benzene rings is 1. The number of hydrogen-bond donors (Lipinski definition) is 1. The van der Waals surface area contributed by atoms with Crippen molar-refractivity contribution >= 4 is 22.9 Å². The van der Waals surface area contributed by atoms with Crippen LogP contribution >= 0.6 is 0 Å². The van der Waals surface area contributed by atoms with Crippen molar-refractivity contribution in [2.75, 3.05) is 31.2 Å². The first-order valence-corrected chi connectivity index (χ1v) is 9.69. The van der Waals surface area contributed by atoms with Gasteiger partial charge in [0.15, 0.2) is 0 Å². The molecule has 3 heterocycles. The Bertz CT molecular complexity index is 943. The summed E-state index contributed by atoms with van der Waals surface area (Å²) in [5, 5.41) is 7.26. The van der Waals surface area contributed by atoms with Gasteiger partial charge < -0.3 is 19.5 Å². The third kappa shape index (κ3) is 3.87. The summed E-state index contributed by atoms with van der Waals surface area (Å²) in [6.45, 7) is 5.88. The van der Waals surface area contributed by atoms with Crippen molar-refractivity contribution in [1.82, 2.24) is 24.6 Å². The van der Waals surface area contributed by atoms with E-state index in [4.69, 9.17) is 9.72 Å². The Hall–Kier alpha value is -2.87. The maximum atomic E-state index is 12.7. The second-order valence-corrected chi connectivity index (χ2v) is 7.21. The maximum absolute atomic E-state index is 12.7. The van der Waals surface area contributed by atoms with E-state index in [1.54, 1.807) is 6.20 Å². The van der Waals surface area contributed by atoms with Crippen LogP contribution in [0.15, 0.2) is 36.7 Å². The van der Waals surface area contributed by atoms with Crippen molar-refractivity contribution in [1.29, 1.82) is 0 Å². The molecule has 4 rings (SSSR count). The van der Waals surface area contributed by atoms with Crippen molar-refractivity contribution in [3.8, 4) is 0 Å². The van der Waals surface area contributed by atoms with E-state index in [1.165, 1.54) is 0 Å². The zero-order chi connectivity index (χ0) is 19.5. The molecule has 0 saturated carbocycles. The quantitative estimate of drug-likeness (QED) is 0.704. The zero-order valence-corrected chi connectivity index (χ0v) is 16.3. The molecule has 1 amide bonds. The van der Waals surface area contributed by atoms with E-state index in [9.17, 15) is 4.79 Å². The molecule has 3 aromatic rings. The van der Waals surface area contributed by atoms with Gasteiger partial charge in [-0.25, -0.2) is 4.98 Å². The summed E-state index contributed by atoms with van der Waals surface area (Å²) in [4.78, 5) is 19.7. The molecule has 148 valence electrons. The smallest absolute Gasteiger partial charge is 0.251 e. The molecule has 1 N–H and O–H groups in total. The number of carbonyl (C=O) groups excluding carboxylic acids is 1. The largest absolute Gasteiger partial charge is 0.378 e. The number of rotatable bonds is 6. The number of hydrogen-bond acceptors (Lipinski definition) is 5. The SMILES string of the molecule is C[C@@H](CCn1cccn1)NC(=O)c1ccc2c(c1)nc(N1CCOCC1)n2C. The Labute approximate surface area is 164 Å². The summed E-state index contributed by atoms with van der Waals surface area (Å²) in [5.41, 5.74) is 2.48. The molecule has 1 saturated heterocycles. The van der Waals surface area contributed by atoms with Crippen molar-refractivity contribution < 1.29 is 9.53 Å². The van der Waals surface area contributed by atoms with Gasteiger partial charge >= 0.3 is 0 Å².